The first-order valence-electron chi connectivity index (χ1n) is 4.50. The maximum absolute atomic E-state index is 12.6. The minimum absolute atomic E-state index is 1.49. The molecule has 0 atom stereocenters. The summed E-state index contributed by atoms with van der Waals surface area (Å²) in [5.41, 5.74) is 0. The molecular weight excluding hydrogens is 366 g/mol. The van der Waals surface area contributed by atoms with Gasteiger partial charge in [-0.3, -0.25) is 0 Å². The van der Waals surface area contributed by atoms with E-state index in [1.165, 1.54) is 4.74 Å². The maximum Gasteiger partial charge on any atom is 0.430 e. The summed E-state index contributed by atoms with van der Waals surface area (Å²) in [6.45, 7) is 0. The molecule has 0 spiro atoms. The van der Waals surface area contributed by atoms with Crippen molar-refractivity contribution < 1.29 is 66.2 Å². The Labute approximate surface area is 110 Å². The van der Waals surface area contributed by atoms with Crippen LogP contribution in [-0.4, -0.2) is 42.8 Å². The number of rotatable bonds is 7. The summed E-state index contributed by atoms with van der Waals surface area (Å²) in [6, 6.07) is 0. The van der Waals surface area contributed by atoms with Gasteiger partial charge in [-0.2, -0.15) is 43.9 Å². The van der Waals surface area contributed by atoms with E-state index in [9.17, 15) is 61.5 Å². The van der Waals surface area contributed by atoms with Crippen molar-refractivity contribution in [2.45, 2.75) is 42.8 Å². The molecule has 0 saturated carbocycles. The average Bonchev–Trinajstić information content (AvgIpc) is 2.26. The van der Waals surface area contributed by atoms with Gasteiger partial charge in [0, 0.05) is 0 Å². The second-order valence-corrected chi connectivity index (χ2v) is 3.55. The lowest BCUT2D eigenvalue weighted by Crippen LogP contribution is -2.66. The third-order valence-electron chi connectivity index (χ3n) is 1.97. The van der Waals surface area contributed by atoms with Crippen molar-refractivity contribution in [2.24, 2.45) is 0 Å². The van der Waals surface area contributed by atoms with Crippen molar-refractivity contribution in [3.63, 3.8) is 0 Å². The third kappa shape index (κ3) is 3.17. The largest absolute Gasteiger partial charge is 0.430 e. The van der Waals surface area contributed by atoms with E-state index in [0.29, 0.717) is 0 Å². The molecule has 0 heterocycles. The molecule has 134 valence electrons. The first-order chi connectivity index (χ1) is 9.34. The Morgan fingerprint density at radius 2 is 0.909 bits per heavy atom. The van der Waals surface area contributed by atoms with Crippen LogP contribution in [0.25, 0.3) is 0 Å². The number of halogens is 14. The molecule has 15 heteroatoms. The third-order valence-corrected chi connectivity index (χ3v) is 1.97. The van der Waals surface area contributed by atoms with Crippen LogP contribution in [0.5, 0.6) is 0 Å². The van der Waals surface area contributed by atoms with Gasteiger partial charge in [0.15, 0.2) is 0 Å². The molecule has 0 aromatic rings. The van der Waals surface area contributed by atoms with Gasteiger partial charge in [0.2, 0.25) is 0 Å². The van der Waals surface area contributed by atoms with Crippen LogP contribution in [0.1, 0.15) is 0 Å². The van der Waals surface area contributed by atoms with E-state index in [1.807, 2.05) is 0 Å². The van der Waals surface area contributed by atoms with E-state index in [1.54, 1.807) is 0 Å². The Kier molecular flexibility index (Phi) is 5.30. The Balaban J connectivity index is 5.80. The van der Waals surface area contributed by atoms with Crippen LogP contribution in [0, 0.1) is 0 Å². The SMILES string of the molecule is FC(F)C(F)(F)OC(F)(F)C(F)(F)C(F)(F)C(F)(F)C(F)F. The molecule has 0 N–H and O–H groups in total. The fourth-order valence-corrected chi connectivity index (χ4v) is 0.809. The van der Waals surface area contributed by atoms with E-state index < -0.39 is 42.8 Å². The van der Waals surface area contributed by atoms with E-state index in [2.05, 4.69) is 0 Å². The molecule has 0 aromatic carbocycles. The Morgan fingerprint density at radius 3 is 1.18 bits per heavy atom. The molecule has 0 aliphatic rings. The topological polar surface area (TPSA) is 9.23 Å². The summed E-state index contributed by atoms with van der Waals surface area (Å²) >= 11 is 0. The summed E-state index contributed by atoms with van der Waals surface area (Å²) in [7, 11) is 0. The minimum atomic E-state index is -7.68. The zero-order valence-electron chi connectivity index (χ0n) is 9.35. The quantitative estimate of drug-likeness (QED) is 0.596. The van der Waals surface area contributed by atoms with Gasteiger partial charge in [0.25, 0.3) is 0 Å². The highest BCUT2D eigenvalue weighted by atomic mass is 19.4. The average molecular weight is 368 g/mol. The van der Waals surface area contributed by atoms with Crippen molar-refractivity contribution in [2.75, 3.05) is 0 Å². The van der Waals surface area contributed by atoms with Crippen LogP contribution in [0.3, 0.4) is 0 Å². The van der Waals surface area contributed by atoms with Crippen molar-refractivity contribution in [1.29, 1.82) is 0 Å². The van der Waals surface area contributed by atoms with Crippen LogP contribution in [-0.2, 0) is 4.74 Å². The van der Waals surface area contributed by atoms with Crippen molar-refractivity contribution in [1.82, 2.24) is 0 Å². The Bertz CT molecular complexity index is 387. The smallest absolute Gasteiger partial charge is 0.246 e. The highest BCUT2D eigenvalue weighted by molar-refractivity contribution is 5.02. The molecule has 0 saturated heterocycles. The van der Waals surface area contributed by atoms with E-state index in [0.717, 1.165) is 0 Å². The summed E-state index contributed by atoms with van der Waals surface area (Å²) < 4.78 is 171. The van der Waals surface area contributed by atoms with Gasteiger partial charge < -0.3 is 0 Å². The normalized spacial score (nSPS) is 15.8. The zero-order chi connectivity index (χ0) is 18.4. The van der Waals surface area contributed by atoms with Crippen molar-refractivity contribution >= 4 is 0 Å². The monoisotopic (exact) mass is 368 g/mol. The van der Waals surface area contributed by atoms with E-state index in [4.69, 9.17) is 0 Å². The van der Waals surface area contributed by atoms with Gasteiger partial charge in [-0.1, -0.05) is 0 Å². The van der Waals surface area contributed by atoms with Gasteiger partial charge in [-0.25, -0.2) is 22.3 Å². The summed E-state index contributed by atoms with van der Waals surface area (Å²) in [6.07, 6.45) is -24.6. The Hall–Kier alpha value is -1.02. The fourth-order valence-electron chi connectivity index (χ4n) is 0.809. The first-order valence-corrected chi connectivity index (χ1v) is 4.50. The molecule has 0 aliphatic heterocycles. The molecule has 0 rings (SSSR count). The molecule has 0 fully saturated rings. The van der Waals surface area contributed by atoms with E-state index >= 15 is 0 Å². The predicted octanol–water partition coefficient (Wildman–Crippen LogP) is 4.62. The molecule has 0 bridgehead atoms. The zero-order valence-corrected chi connectivity index (χ0v) is 9.35. The number of hydrogen-bond donors (Lipinski definition) is 0. The molecule has 22 heavy (non-hydrogen) atoms. The van der Waals surface area contributed by atoms with Crippen LogP contribution < -0.4 is 0 Å². The van der Waals surface area contributed by atoms with Gasteiger partial charge in [0.1, 0.15) is 0 Å². The molecule has 0 amide bonds. The summed E-state index contributed by atoms with van der Waals surface area (Å²) in [5.74, 6) is -22.4. The lowest BCUT2D eigenvalue weighted by molar-refractivity contribution is -0.487. The van der Waals surface area contributed by atoms with Gasteiger partial charge in [-0.15, -0.1) is 0 Å². The molecular formula is C7H2F14O. The van der Waals surface area contributed by atoms with Gasteiger partial charge in [0.05, 0.1) is 0 Å². The predicted molar refractivity (Wildman–Crippen MR) is 37.8 cm³/mol. The highest BCUT2D eigenvalue weighted by Crippen LogP contribution is 2.55. The first kappa shape index (κ1) is 21.0. The standard InChI is InChI=1S/C7H2F14O/c8-1(9)3(12,13)5(16,17)6(18,19)7(20,21)22-4(14,15)2(10)11/h1-2H. The summed E-state index contributed by atoms with van der Waals surface area (Å²) in [5, 5.41) is 0. The molecule has 1 nitrogen and oxygen atoms in total. The number of alkyl halides is 14. The summed E-state index contributed by atoms with van der Waals surface area (Å²) in [4.78, 5) is 0. The van der Waals surface area contributed by atoms with Crippen molar-refractivity contribution in [3.8, 4) is 0 Å². The molecule has 0 radical (unpaired) electrons. The molecule has 0 unspecified atom stereocenters. The van der Waals surface area contributed by atoms with Crippen molar-refractivity contribution in [3.05, 3.63) is 0 Å². The second kappa shape index (κ2) is 5.56. The van der Waals surface area contributed by atoms with E-state index in [-0.39, 0.29) is 0 Å². The van der Waals surface area contributed by atoms with Gasteiger partial charge in [-0.05, 0) is 0 Å². The van der Waals surface area contributed by atoms with Crippen LogP contribution >= 0.6 is 0 Å². The minimum Gasteiger partial charge on any atom is -0.246 e. The van der Waals surface area contributed by atoms with Crippen LogP contribution in [0.4, 0.5) is 61.5 Å². The van der Waals surface area contributed by atoms with Crippen LogP contribution in [0.2, 0.25) is 0 Å². The molecule has 0 aliphatic carbocycles. The second-order valence-electron chi connectivity index (χ2n) is 3.55. The lowest BCUT2D eigenvalue weighted by atomic mass is 10.0. The fraction of sp³-hybridized carbons (Fsp3) is 1.00. The lowest BCUT2D eigenvalue weighted by Gasteiger charge is -2.36. The highest BCUT2D eigenvalue weighted by Gasteiger charge is 2.85. The van der Waals surface area contributed by atoms with Gasteiger partial charge >= 0.3 is 42.8 Å². The Morgan fingerprint density at radius 1 is 0.545 bits per heavy atom. The maximum atomic E-state index is 12.6. The molecule has 0 aromatic heterocycles. The number of ether oxygens (including phenoxy) is 1. The number of hydrogen-bond acceptors (Lipinski definition) is 1. The van der Waals surface area contributed by atoms with Crippen LogP contribution in [0.15, 0.2) is 0 Å².